The second kappa shape index (κ2) is 3.93. The second-order valence-corrected chi connectivity index (χ2v) is 6.76. The molecule has 5 nitrogen and oxygen atoms in total. The van der Waals surface area contributed by atoms with E-state index in [0.717, 1.165) is 0 Å². The monoisotopic (exact) mass is 282 g/mol. The lowest BCUT2D eigenvalue weighted by Gasteiger charge is -2.56. The molecule has 2 fully saturated rings. The van der Waals surface area contributed by atoms with Crippen LogP contribution in [0.25, 0.3) is 0 Å². The summed E-state index contributed by atoms with van der Waals surface area (Å²) in [4.78, 5) is 0. The van der Waals surface area contributed by atoms with Crippen molar-refractivity contribution in [3.63, 3.8) is 0 Å². The summed E-state index contributed by atoms with van der Waals surface area (Å²) in [5.41, 5.74) is -2.83. The first-order valence-corrected chi connectivity index (χ1v) is 7.00. The minimum Gasteiger partial charge on any atom is -0.389 e. The zero-order chi connectivity index (χ0) is 14.9. The molecule has 7 unspecified atom stereocenters. The summed E-state index contributed by atoms with van der Waals surface area (Å²) in [6.07, 6.45) is 2.46. The van der Waals surface area contributed by atoms with Gasteiger partial charge in [-0.25, -0.2) is 0 Å². The van der Waals surface area contributed by atoms with Crippen LogP contribution in [0.1, 0.15) is 20.3 Å². The molecule has 3 rings (SSSR count). The van der Waals surface area contributed by atoms with Crippen LogP contribution >= 0.6 is 0 Å². The molecular weight excluding hydrogens is 260 g/mol. The maximum absolute atomic E-state index is 11.1. The third kappa shape index (κ3) is 1.50. The molecule has 4 N–H and O–H groups in total. The summed E-state index contributed by atoms with van der Waals surface area (Å²) in [6, 6.07) is 0. The minimum absolute atomic E-state index is 0.0122. The van der Waals surface area contributed by atoms with Gasteiger partial charge < -0.3 is 25.2 Å². The Morgan fingerprint density at radius 2 is 2.00 bits per heavy atom. The highest BCUT2D eigenvalue weighted by atomic mass is 16.6. The lowest BCUT2D eigenvalue weighted by molar-refractivity contribution is -0.312. The Morgan fingerprint density at radius 1 is 1.35 bits per heavy atom. The van der Waals surface area contributed by atoms with Gasteiger partial charge in [-0.2, -0.15) is 0 Å². The largest absolute Gasteiger partial charge is 0.389 e. The topological polar surface area (TPSA) is 90.2 Å². The maximum atomic E-state index is 11.1. The van der Waals surface area contributed by atoms with E-state index in [2.05, 4.69) is 6.58 Å². The lowest BCUT2D eigenvalue weighted by Crippen LogP contribution is -2.69. The third-order valence-corrected chi connectivity index (χ3v) is 5.37. The van der Waals surface area contributed by atoms with Gasteiger partial charge in [0.05, 0.1) is 12.7 Å². The van der Waals surface area contributed by atoms with Crippen molar-refractivity contribution in [3.8, 4) is 0 Å². The Morgan fingerprint density at radius 3 is 2.65 bits per heavy atom. The van der Waals surface area contributed by atoms with Crippen molar-refractivity contribution in [1.29, 1.82) is 0 Å². The number of aliphatic hydroxyl groups excluding tert-OH is 1. The normalized spacial score (nSPS) is 58.4. The van der Waals surface area contributed by atoms with Gasteiger partial charge in [0.2, 0.25) is 0 Å². The van der Waals surface area contributed by atoms with Crippen molar-refractivity contribution in [3.05, 3.63) is 24.3 Å². The second-order valence-electron chi connectivity index (χ2n) is 6.76. The van der Waals surface area contributed by atoms with Crippen LogP contribution in [0.3, 0.4) is 0 Å². The fourth-order valence-corrected chi connectivity index (χ4v) is 4.13. The van der Waals surface area contributed by atoms with Gasteiger partial charge in [-0.1, -0.05) is 25.7 Å². The van der Waals surface area contributed by atoms with Crippen LogP contribution < -0.4 is 0 Å². The molecule has 20 heavy (non-hydrogen) atoms. The van der Waals surface area contributed by atoms with Gasteiger partial charge in [0, 0.05) is 12.3 Å². The third-order valence-electron chi connectivity index (χ3n) is 5.37. The van der Waals surface area contributed by atoms with E-state index < -0.39 is 29.0 Å². The number of hydrogen-bond donors (Lipinski definition) is 4. The Hall–Kier alpha value is -0.720. The molecule has 3 aliphatic rings. The van der Waals surface area contributed by atoms with Crippen molar-refractivity contribution in [2.75, 3.05) is 6.61 Å². The average molecular weight is 282 g/mol. The van der Waals surface area contributed by atoms with Crippen LogP contribution in [0.15, 0.2) is 24.3 Å². The standard InChI is InChI=1S/C15H22O5/c1-8-6-14(18)15(19,9(2)7-20-14)11-10(8)4-5-13(3,17)12(11)16/h4-5,8,10-12,16-19H,2,6-7H2,1,3H3. The Bertz CT molecular complexity index is 485. The van der Waals surface area contributed by atoms with E-state index in [1.54, 1.807) is 6.08 Å². The van der Waals surface area contributed by atoms with Crippen molar-refractivity contribution in [2.24, 2.45) is 17.8 Å². The molecule has 7 atom stereocenters. The minimum atomic E-state index is -1.74. The highest BCUT2D eigenvalue weighted by Crippen LogP contribution is 2.57. The predicted octanol–water partition coefficient (Wildman–Crippen LogP) is -0.0536. The quantitative estimate of drug-likeness (QED) is 0.468. The molecule has 0 amide bonds. The van der Waals surface area contributed by atoms with Gasteiger partial charge in [-0.15, -0.1) is 0 Å². The zero-order valence-electron chi connectivity index (χ0n) is 11.8. The summed E-state index contributed by atoms with van der Waals surface area (Å²) in [5, 5.41) is 42.6. The van der Waals surface area contributed by atoms with E-state index in [0.29, 0.717) is 5.57 Å². The first-order valence-electron chi connectivity index (χ1n) is 7.00. The van der Waals surface area contributed by atoms with Gasteiger partial charge in [-0.05, 0) is 24.3 Å². The van der Waals surface area contributed by atoms with Gasteiger partial charge in [0.1, 0.15) is 11.2 Å². The lowest BCUT2D eigenvalue weighted by atomic mass is 9.55. The van der Waals surface area contributed by atoms with Crippen molar-refractivity contribution in [2.45, 2.75) is 43.4 Å². The van der Waals surface area contributed by atoms with E-state index >= 15 is 0 Å². The van der Waals surface area contributed by atoms with Crippen LogP contribution in [0.2, 0.25) is 0 Å². The van der Waals surface area contributed by atoms with Gasteiger partial charge >= 0.3 is 0 Å². The molecule has 0 aromatic heterocycles. The number of fused-ring (bicyclic) bond motifs is 3. The highest BCUT2D eigenvalue weighted by molar-refractivity contribution is 5.33. The van der Waals surface area contributed by atoms with Crippen molar-refractivity contribution >= 4 is 0 Å². The number of allylic oxidation sites excluding steroid dienone is 1. The fraction of sp³-hybridized carbons (Fsp3) is 0.733. The number of aliphatic hydroxyl groups is 4. The fourth-order valence-electron chi connectivity index (χ4n) is 4.13. The number of rotatable bonds is 0. The van der Waals surface area contributed by atoms with Gasteiger partial charge in [0.15, 0.2) is 5.79 Å². The van der Waals surface area contributed by atoms with Gasteiger partial charge in [-0.3, -0.25) is 0 Å². The maximum Gasteiger partial charge on any atom is 0.199 e. The Kier molecular flexibility index (Phi) is 2.79. The molecule has 112 valence electrons. The van der Waals surface area contributed by atoms with E-state index in [1.807, 2.05) is 13.0 Å². The number of ether oxygens (including phenoxy) is 1. The SMILES string of the molecule is C=C1COC2(O)CC(C)C3C=CC(C)(O)C(O)C3C12O. The zero-order valence-corrected chi connectivity index (χ0v) is 11.8. The smallest absolute Gasteiger partial charge is 0.199 e. The molecule has 5 heteroatoms. The van der Waals surface area contributed by atoms with Gasteiger partial charge in [0.25, 0.3) is 0 Å². The molecule has 2 aliphatic carbocycles. The van der Waals surface area contributed by atoms with Crippen LogP contribution in [0.4, 0.5) is 0 Å². The predicted molar refractivity (Wildman–Crippen MR) is 71.5 cm³/mol. The van der Waals surface area contributed by atoms with E-state index in [1.165, 1.54) is 6.92 Å². The summed E-state index contributed by atoms with van der Waals surface area (Å²) < 4.78 is 5.38. The molecule has 0 spiro atoms. The molecule has 0 aromatic carbocycles. The molecule has 0 bridgehead atoms. The Labute approximate surface area is 118 Å². The van der Waals surface area contributed by atoms with Crippen molar-refractivity contribution < 1.29 is 25.2 Å². The number of hydrogen-bond acceptors (Lipinski definition) is 5. The summed E-state index contributed by atoms with van der Waals surface area (Å²) in [7, 11) is 0. The van der Waals surface area contributed by atoms with E-state index in [4.69, 9.17) is 4.74 Å². The molecule has 1 saturated carbocycles. The summed E-state index contributed by atoms with van der Waals surface area (Å²) >= 11 is 0. The van der Waals surface area contributed by atoms with E-state index in [-0.39, 0.29) is 24.9 Å². The van der Waals surface area contributed by atoms with Crippen LogP contribution in [-0.4, -0.2) is 50.1 Å². The summed E-state index contributed by atoms with van der Waals surface area (Å²) in [6.45, 7) is 7.29. The first kappa shape index (κ1) is 14.2. The average Bonchev–Trinajstić information content (AvgIpc) is 2.58. The van der Waals surface area contributed by atoms with Crippen LogP contribution in [0, 0.1) is 17.8 Å². The van der Waals surface area contributed by atoms with Crippen LogP contribution in [0.5, 0.6) is 0 Å². The molecule has 0 radical (unpaired) electrons. The molecular formula is C15H22O5. The van der Waals surface area contributed by atoms with Crippen LogP contribution in [-0.2, 0) is 4.74 Å². The molecule has 1 aliphatic heterocycles. The molecule has 1 saturated heterocycles. The highest BCUT2D eigenvalue weighted by Gasteiger charge is 2.69. The van der Waals surface area contributed by atoms with E-state index in [9.17, 15) is 20.4 Å². The summed E-state index contributed by atoms with van der Waals surface area (Å²) in [5.74, 6) is -2.62. The van der Waals surface area contributed by atoms with Crippen molar-refractivity contribution in [1.82, 2.24) is 0 Å². The molecule has 0 aromatic rings. The molecule has 1 heterocycles. The first-order chi connectivity index (χ1) is 9.13. The Balaban J connectivity index is 2.15.